The first-order chi connectivity index (χ1) is 13.7. The van der Waals surface area contributed by atoms with E-state index in [-0.39, 0.29) is 23.2 Å². The Labute approximate surface area is 164 Å². The van der Waals surface area contributed by atoms with E-state index in [1.54, 1.807) is 4.90 Å². The molecule has 8 heteroatoms. The summed E-state index contributed by atoms with van der Waals surface area (Å²) >= 11 is 0. The summed E-state index contributed by atoms with van der Waals surface area (Å²) in [5, 5.41) is 10.4. The number of piperidine rings is 1. The van der Waals surface area contributed by atoms with Gasteiger partial charge in [0.2, 0.25) is 0 Å². The number of nitrogens with one attached hydrogen (secondary N) is 2. The molecule has 3 heterocycles. The van der Waals surface area contributed by atoms with Crippen molar-refractivity contribution in [2.75, 3.05) is 13.1 Å². The van der Waals surface area contributed by atoms with Gasteiger partial charge in [-0.2, -0.15) is 5.10 Å². The monoisotopic (exact) mass is 382 g/mol. The first kappa shape index (κ1) is 18.6. The number of carbonyl (C=O) groups is 2. The van der Waals surface area contributed by atoms with Gasteiger partial charge < -0.3 is 10.2 Å². The standard InChI is InChI=1S/C20H26N6O2/c27-19(23-13-16-14-7-3-1-4-8-15(14)24-25-16)17-18(22-10-9-21-17)20(28)26-11-5-2-6-12-26/h9-10H,1-8,11-13H2,(H,23,27)(H,24,25). The molecule has 2 aromatic rings. The van der Waals surface area contributed by atoms with E-state index < -0.39 is 0 Å². The Kier molecular flexibility index (Phi) is 5.64. The van der Waals surface area contributed by atoms with Gasteiger partial charge in [-0.15, -0.1) is 0 Å². The second kappa shape index (κ2) is 8.50. The number of rotatable bonds is 4. The summed E-state index contributed by atoms with van der Waals surface area (Å²) in [5.41, 5.74) is 3.49. The molecule has 0 radical (unpaired) electrons. The van der Waals surface area contributed by atoms with Crippen molar-refractivity contribution in [3.8, 4) is 0 Å². The SMILES string of the molecule is O=C(NCc1n[nH]c2c1CCCCC2)c1nccnc1C(=O)N1CCCCC1. The minimum atomic E-state index is -0.390. The van der Waals surface area contributed by atoms with Gasteiger partial charge in [-0.05, 0) is 50.5 Å². The number of H-pyrrole nitrogens is 1. The number of aryl methyl sites for hydroxylation is 1. The highest BCUT2D eigenvalue weighted by atomic mass is 16.2. The maximum absolute atomic E-state index is 12.8. The fourth-order valence-corrected chi connectivity index (χ4v) is 4.03. The molecule has 2 amide bonds. The summed E-state index contributed by atoms with van der Waals surface area (Å²) in [7, 11) is 0. The molecule has 0 saturated carbocycles. The summed E-state index contributed by atoms with van der Waals surface area (Å²) in [6.45, 7) is 1.73. The molecule has 1 aliphatic carbocycles. The van der Waals surface area contributed by atoms with E-state index in [4.69, 9.17) is 0 Å². The number of carbonyl (C=O) groups excluding carboxylic acids is 2. The number of amides is 2. The van der Waals surface area contributed by atoms with E-state index in [0.29, 0.717) is 19.6 Å². The van der Waals surface area contributed by atoms with Gasteiger partial charge in [-0.1, -0.05) is 6.42 Å². The number of nitrogens with zero attached hydrogens (tertiary/aromatic N) is 4. The van der Waals surface area contributed by atoms with Crippen LogP contribution >= 0.6 is 0 Å². The molecular formula is C20H26N6O2. The maximum Gasteiger partial charge on any atom is 0.274 e. The van der Waals surface area contributed by atoms with Crippen LogP contribution in [-0.4, -0.2) is 50.0 Å². The summed E-state index contributed by atoms with van der Waals surface area (Å²) in [5.74, 6) is -0.606. The van der Waals surface area contributed by atoms with Crippen molar-refractivity contribution in [1.82, 2.24) is 30.4 Å². The molecule has 0 spiro atoms. The highest BCUT2D eigenvalue weighted by molar-refractivity contribution is 6.04. The minimum Gasteiger partial charge on any atom is -0.345 e. The largest absolute Gasteiger partial charge is 0.345 e. The topological polar surface area (TPSA) is 104 Å². The molecule has 148 valence electrons. The van der Waals surface area contributed by atoms with Gasteiger partial charge in [0.1, 0.15) is 0 Å². The minimum absolute atomic E-state index is 0.0831. The number of fused-ring (bicyclic) bond motifs is 1. The zero-order chi connectivity index (χ0) is 19.3. The van der Waals surface area contributed by atoms with E-state index in [0.717, 1.165) is 44.2 Å². The van der Waals surface area contributed by atoms with Crippen molar-refractivity contribution in [2.45, 2.75) is 57.9 Å². The lowest BCUT2D eigenvalue weighted by atomic mass is 10.1. The summed E-state index contributed by atoms with van der Waals surface area (Å²) in [4.78, 5) is 35.6. The normalized spacial score (nSPS) is 16.9. The van der Waals surface area contributed by atoms with Crippen LogP contribution in [0.15, 0.2) is 12.4 Å². The highest BCUT2D eigenvalue weighted by Gasteiger charge is 2.26. The van der Waals surface area contributed by atoms with Crippen LogP contribution in [0.5, 0.6) is 0 Å². The summed E-state index contributed by atoms with van der Waals surface area (Å²) in [6.07, 6.45) is 11.5. The highest BCUT2D eigenvalue weighted by Crippen LogP contribution is 2.21. The predicted molar refractivity (Wildman–Crippen MR) is 103 cm³/mol. The number of hydrogen-bond acceptors (Lipinski definition) is 5. The van der Waals surface area contributed by atoms with Crippen LogP contribution in [0.3, 0.4) is 0 Å². The second-order valence-corrected chi connectivity index (χ2v) is 7.48. The molecule has 0 atom stereocenters. The molecule has 8 nitrogen and oxygen atoms in total. The van der Waals surface area contributed by atoms with Gasteiger partial charge in [-0.25, -0.2) is 9.97 Å². The Balaban J connectivity index is 1.47. The molecule has 2 aliphatic rings. The van der Waals surface area contributed by atoms with Gasteiger partial charge in [0.25, 0.3) is 11.8 Å². The fraction of sp³-hybridized carbons (Fsp3) is 0.550. The lowest BCUT2D eigenvalue weighted by Gasteiger charge is -2.26. The zero-order valence-corrected chi connectivity index (χ0v) is 16.0. The Morgan fingerprint density at radius 2 is 1.68 bits per heavy atom. The summed E-state index contributed by atoms with van der Waals surface area (Å²) < 4.78 is 0. The molecule has 28 heavy (non-hydrogen) atoms. The molecule has 2 N–H and O–H groups in total. The quantitative estimate of drug-likeness (QED) is 0.788. The number of aromatic amines is 1. The van der Waals surface area contributed by atoms with Crippen molar-refractivity contribution >= 4 is 11.8 Å². The smallest absolute Gasteiger partial charge is 0.274 e. The molecule has 1 fully saturated rings. The van der Waals surface area contributed by atoms with Crippen LogP contribution in [0.25, 0.3) is 0 Å². The zero-order valence-electron chi connectivity index (χ0n) is 16.0. The third-order valence-corrected chi connectivity index (χ3v) is 5.57. The van der Waals surface area contributed by atoms with Crippen molar-refractivity contribution in [3.63, 3.8) is 0 Å². The molecule has 0 unspecified atom stereocenters. The predicted octanol–water partition coefficient (Wildman–Crippen LogP) is 2.02. The van der Waals surface area contributed by atoms with E-state index in [1.807, 2.05) is 0 Å². The number of hydrogen-bond donors (Lipinski definition) is 2. The van der Waals surface area contributed by atoms with Crippen LogP contribution < -0.4 is 5.32 Å². The Bertz CT molecular complexity index is 856. The average molecular weight is 382 g/mol. The van der Waals surface area contributed by atoms with Crippen molar-refractivity contribution < 1.29 is 9.59 Å². The molecule has 0 bridgehead atoms. The van der Waals surface area contributed by atoms with Gasteiger partial charge >= 0.3 is 0 Å². The lowest BCUT2D eigenvalue weighted by molar-refractivity contribution is 0.0711. The molecule has 0 aromatic carbocycles. The molecule has 4 rings (SSSR count). The van der Waals surface area contributed by atoms with Crippen molar-refractivity contribution in [3.05, 3.63) is 40.7 Å². The van der Waals surface area contributed by atoms with Crippen molar-refractivity contribution in [1.29, 1.82) is 0 Å². The molecular weight excluding hydrogens is 356 g/mol. The number of likely N-dealkylation sites (tertiary alicyclic amines) is 1. The maximum atomic E-state index is 12.8. The Hall–Kier alpha value is -2.77. The van der Waals surface area contributed by atoms with Crippen LogP contribution in [0.1, 0.15) is 76.5 Å². The van der Waals surface area contributed by atoms with E-state index >= 15 is 0 Å². The first-order valence-corrected chi connectivity index (χ1v) is 10.2. The Morgan fingerprint density at radius 1 is 0.964 bits per heavy atom. The van der Waals surface area contributed by atoms with Crippen LogP contribution in [0.4, 0.5) is 0 Å². The van der Waals surface area contributed by atoms with Gasteiger partial charge in [0.15, 0.2) is 11.4 Å². The van der Waals surface area contributed by atoms with Gasteiger partial charge in [-0.3, -0.25) is 14.7 Å². The van der Waals surface area contributed by atoms with Crippen LogP contribution in [0, 0.1) is 0 Å². The average Bonchev–Trinajstić information content (AvgIpc) is 2.98. The van der Waals surface area contributed by atoms with Crippen LogP contribution in [-0.2, 0) is 19.4 Å². The molecule has 1 aliphatic heterocycles. The fourth-order valence-electron chi connectivity index (χ4n) is 4.03. The summed E-state index contributed by atoms with van der Waals surface area (Å²) in [6, 6.07) is 0. The molecule has 2 aromatic heterocycles. The van der Waals surface area contributed by atoms with Crippen molar-refractivity contribution in [2.24, 2.45) is 0 Å². The molecule has 1 saturated heterocycles. The van der Waals surface area contributed by atoms with E-state index in [9.17, 15) is 9.59 Å². The third kappa shape index (κ3) is 3.90. The second-order valence-electron chi connectivity index (χ2n) is 7.48. The third-order valence-electron chi connectivity index (χ3n) is 5.57. The van der Waals surface area contributed by atoms with Gasteiger partial charge in [0, 0.05) is 31.2 Å². The van der Waals surface area contributed by atoms with E-state index in [1.165, 1.54) is 36.5 Å². The van der Waals surface area contributed by atoms with Gasteiger partial charge in [0.05, 0.1) is 12.2 Å². The first-order valence-electron chi connectivity index (χ1n) is 10.2. The van der Waals surface area contributed by atoms with Crippen LogP contribution in [0.2, 0.25) is 0 Å². The lowest BCUT2D eigenvalue weighted by Crippen LogP contribution is -2.38. The Morgan fingerprint density at radius 3 is 2.50 bits per heavy atom. The van der Waals surface area contributed by atoms with E-state index in [2.05, 4.69) is 25.5 Å². The number of aromatic nitrogens is 4.